The fraction of sp³-hybridized carbons (Fsp3) is 0.786. The van der Waals surface area contributed by atoms with Gasteiger partial charge in [-0.15, -0.1) is 0 Å². The predicted molar refractivity (Wildman–Crippen MR) is 158 cm³/mol. The lowest BCUT2D eigenvalue weighted by atomic mass is 9.85. The van der Waals surface area contributed by atoms with Crippen molar-refractivity contribution in [3.63, 3.8) is 0 Å². The standard InChI is InChI=1S/C28H48N4O5S2/c1-4-26(21-30-16-18-31(19-17-30)39(36,37)20-15-27(33)34)38-23(3)29-28(35)32(24-9-7-5-6-8-10-24)25-13-11-22(2)12-14-25/h4,22,24-25H,3,5-21H2,1-2H3,(H,29,35)(H,33,34)/b26-4-. The average Bonchev–Trinajstić information content (AvgIpc) is 3.18. The zero-order chi connectivity index (χ0) is 28.4. The molecule has 0 aromatic carbocycles. The van der Waals surface area contributed by atoms with Crippen molar-refractivity contribution in [2.75, 3.05) is 38.5 Å². The van der Waals surface area contributed by atoms with Crippen molar-refractivity contribution in [2.45, 2.75) is 96.6 Å². The van der Waals surface area contributed by atoms with E-state index in [1.807, 2.05) is 13.0 Å². The number of aliphatic carboxylic acids is 1. The Morgan fingerprint density at radius 1 is 1.00 bits per heavy atom. The van der Waals surface area contributed by atoms with Gasteiger partial charge in [0.15, 0.2) is 0 Å². The highest BCUT2D eigenvalue weighted by Gasteiger charge is 2.34. The molecule has 2 N–H and O–H groups in total. The van der Waals surface area contributed by atoms with Gasteiger partial charge in [0, 0.05) is 49.7 Å². The van der Waals surface area contributed by atoms with Crippen LogP contribution < -0.4 is 5.32 Å². The molecule has 3 rings (SSSR count). The lowest BCUT2D eigenvalue weighted by Gasteiger charge is -2.41. The van der Waals surface area contributed by atoms with Gasteiger partial charge in [-0.2, -0.15) is 4.31 Å². The molecule has 1 aliphatic heterocycles. The number of sulfonamides is 1. The lowest BCUT2D eigenvalue weighted by molar-refractivity contribution is -0.136. The Labute approximate surface area is 239 Å². The van der Waals surface area contributed by atoms with Crippen LogP contribution >= 0.6 is 11.8 Å². The predicted octanol–water partition coefficient (Wildman–Crippen LogP) is 4.83. The van der Waals surface area contributed by atoms with E-state index in [4.69, 9.17) is 5.11 Å². The maximum Gasteiger partial charge on any atom is 0.322 e. The molecule has 2 aliphatic carbocycles. The maximum absolute atomic E-state index is 13.6. The number of urea groups is 1. The largest absolute Gasteiger partial charge is 0.481 e. The summed E-state index contributed by atoms with van der Waals surface area (Å²) in [7, 11) is -3.56. The molecule has 1 saturated heterocycles. The summed E-state index contributed by atoms with van der Waals surface area (Å²) >= 11 is 1.47. The van der Waals surface area contributed by atoms with Crippen LogP contribution in [0.3, 0.4) is 0 Å². The lowest BCUT2D eigenvalue weighted by Crippen LogP contribution is -2.52. The van der Waals surface area contributed by atoms with Gasteiger partial charge < -0.3 is 15.3 Å². The zero-order valence-electron chi connectivity index (χ0n) is 23.8. The molecule has 0 spiro atoms. The van der Waals surface area contributed by atoms with Crippen molar-refractivity contribution in [2.24, 2.45) is 5.92 Å². The fourth-order valence-corrected chi connectivity index (χ4v) is 8.20. The second-order valence-electron chi connectivity index (χ2n) is 11.3. The van der Waals surface area contributed by atoms with E-state index in [1.165, 1.54) is 54.6 Å². The number of piperazine rings is 1. The number of thioether (sulfide) groups is 1. The normalized spacial score (nSPS) is 24.6. The third-order valence-electron chi connectivity index (χ3n) is 8.33. The number of amides is 2. The molecule has 1 heterocycles. The number of nitrogens with one attached hydrogen (secondary N) is 1. The van der Waals surface area contributed by atoms with E-state index < -0.39 is 16.0 Å². The van der Waals surface area contributed by atoms with Crippen LogP contribution in [0.1, 0.15) is 84.5 Å². The zero-order valence-corrected chi connectivity index (χ0v) is 25.4. The van der Waals surface area contributed by atoms with Crippen LogP contribution in [0.4, 0.5) is 4.79 Å². The molecule has 11 heteroatoms. The first-order chi connectivity index (χ1) is 18.6. The number of hydrogen-bond donors (Lipinski definition) is 2. The van der Waals surface area contributed by atoms with E-state index in [9.17, 15) is 18.0 Å². The summed E-state index contributed by atoms with van der Waals surface area (Å²) < 4.78 is 26.2. The molecule has 0 atom stereocenters. The smallest absolute Gasteiger partial charge is 0.322 e. The molecule has 3 aliphatic rings. The summed E-state index contributed by atoms with van der Waals surface area (Å²) in [5.74, 6) is -0.741. The van der Waals surface area contributed by atoms with E-state index in [1.54, 1.807) is 0 Å². The monoisotopic (exact) mass is 584 g/mol. The second kappa shape index (κ2) is 15.4. The second-order valence-corrected chi connectivity index (χ2v) is 14.6. The van der Waals surface area contributed by atoms with Crippen LogP contribution in [0.15, 0.2) is 22.6 Å². The minimum atomic E-state index is -3.56. The van der Waals surface area contributed by atoms with Crippen molar-refractivity contribution < 1.29 is 23.1 Å². The van der Waals surface area contributed by atoms with Crippen molar-refractivity contribution >= 4 is 33.8 Å². The quantitative estimate of drug-likeness (QED) is 0.335. The van der Waals surface area contributed by atoms with Crippen LogP contribution in [0.25, 0.3) is 0 Å². The van der Waals surface area contributed by atoms with E-state index in [2.05, 4.69) is 28.6 Å². The van der Waals surface area contributed by atoms with Gasteiger partial charge in [0.25, 0.3) is 0 Å². The summed E-state index contributed by atoms with van der Waals surface area (Å²) in [5, 5.41) is 12.6. The number of allylic oxidation sites excluding steroid dienone is 1. The van der Waals surface area contributed by atoms with Crippen LogP contribution in [0.2, 0.25) is 0 Å². The minimum absolute atomic E-state index is 0.0189. The molecule has 2 saturated carbocycles. The highest BCUT2D eigenvalue weighted by atomic mass is 32.2. The first kappa shape index (κ1) is 32.0. The van der Waals surface area contributed by atoms with Gasteiger partial charge in [-0.25, -0.2) is 13.2 Å². The number of carbonyl (C=O) groups excluding carboxylic acids is 1. The molecular formula is C28H48N4O5S2. The molecule has 9 nitrogen and oxygen atoms in total. The Morgan fingerprint density at radius 2 is 1.59 bits per heavy atom. The Kier molecular flexibility index (Phi) is 12.7. The Balaban J connectivity index is 1.52. The highest BCUT2D eigenvalue weighted by molar-refractivity contribution is 8.06. The fourth-order valence-electron chi connectivity index (χ4n) is 5.97. The topological polar surface area (TPSA) is 110 Å². The number of nitrogens with zero attached hydrogens (tertiary/aromatic N) is 3. The first-order valence-corrected chi connectivity index (χ1v) is 17.0. The molecule has 222 valence electrons. The van der Waals surface area contributed by atoms with Crippen LogP contribution in [0.5, 0.6) is 0 Å². The summed E-state index contributed by atoms with van der Waals surface area (Å²) in [5.41, 5.74) is 0. The van der Waals surface area contributed by atoms with Gasteiger partial charge in [0.05, 0.1) is 17.2 Å². The third kappa shape index (κ3) is 10.1. The summed E-state index contributed by atoms with van der Waals surface area (Å²) in [6.07, 6.45) is 13.2. The molecule has 39 heavy (non-hydrogen) atoms. The first-order valence-electron chi connectivity index (χ1n) is 14.6. The maximum atomic E-state index is 13.6. The van der Waals surface area contributed by atoms with Crippen LogP contribution in [-0.4, -0.2) is 90.2 Å². The number of hydrogen-bond acceptors (Lipinski definition) is 6. The Hall–Kier alpha value is -1.56. The van der Waals surface area contributed by atoms with E-state index >= 15 is 0 Å². The number of carbonyl (C=O) groups is 2. The highest BCUT2D eigenvalue weighted by Crippen LogP contribution is 2.33. The Morgan fingerprint density at radius 3 is 2.15 bits per heavy atom. The number of carboxylic acids is 1. The van der Waals surface area contributed by atoms with Gasteiger partial charge in [-0.3, -0.25) is 9.69 Å². The Bertz CT molecular complexity index is 962. The van der Waals surface area contributed by atoms with Gasteiger partial charge >= 0.3 is 12.0 Å². The summed E-state index contributed by atoms with van der Waals surface area (Å²) in [6, 6.07) is 0.578. The SMILES string of the molecule is C=C(NC(=O)N(C1CCCCCC1)C1CCC(C)CC1)S/C(=C\C)CN1CCN(S(=O)(=O)CCC(=O)O)CC1. The van der Waals surface area contributed by atoms with Gasteiger partial charge in [-0.05, 0) is 51.4 Å². The van der Waals surface area contributed by atoms with Crippen LogP contribution in [-0.2, 0) is 14.8 Å². The molecule has 3 fully saturated rings. The van der Waals surface area contributed by atoms with Gasteiger partial charge in [0.1, 0.15) is 0 Å². The van der Waals surface area contributed by atoms with Crippen molar-refractivity contribution in [1.29, 1.82) is 0 Å². The average molecular weight is 585 g/mol. The van der Waals surface area contributed by atoms with Crippen molar-refractivity contribution in [1.82, 2.24) is 19.4 Å². The minimum Gasteiger partial charge on any atom is -0.481 e. The molecule has 0 aromatic rings. The molecule has 0 aromatic heterocycles. The number of carboxylic acid groups (broad SMARTS) is 1. The molecule has 0 bridgehead atoms. The third-order valence-corrected chi connectivity index (χ3v) is 11.2. The van der Waals surface area contributed by atoms with E-state index in [0.717, 1.165) is 36.5 Å². The van der Waals surface area contributed by atoms with Crippen molar-refractivity contribution in [3.05, 3.63) is 22.6 Å². The molecule has 0 unspecified atom stereocenters. The van der Waals surface area contributed by atoms with E-state index in [0.29, 0.717) is 49.8 Å². The van der Waals surface area contributed by atoms with E-state index in [-0.39, 0.29) is 18.2 Å². The van der Waals surface area contributed by atoms with Gasteiger partial charge in [0.2, 0.25) is 10.0 Å². The molecule has 2 amide bonds. The van der Waals surface area contributed by atoms with Crippen LogP contribution in [0, 0.1) is 5.92 Å². The van der Waals surface area contributed by atoms with Gasteiger partial charge in [-0.1, -0.05) is 57.0 Å². The molecular weight excluding hydrogens is 536 g/mol. The molecule has 0 radical (unpaired) electrons. The number of rotatable bonds is 11. The van der Waals surface area contributed by atoms with Crippen molar-refractivity contribution in [3.8, 4) is 0 Å². The summed E-state index contributed by atoms with van der Waals surface area (Å²) in [4.78, 5) is 29.8. The summed E-state index contributed by atoms with van der Waals surface area (Å²) in [6.45, 7) is 10.9.